The van der Waals surface area contributed by atoms with Gasteiger partial charge in [-0.2, -0.15) is 0 Å². The zero-order valence-corrected chi connectivity index (χ0v) is 18.0. The maximum Gasteiger partial charge on any atom is 0.325 e. The van der Waals surface area contributed by atoms with Gasteiger partial charge in [-0.25, -0.2) is 4.79 Å². The number of fused-ring (bicyclic) bond motifs is 1. The number of nitrogens with one attached hydrogen (secondary N) is 1. The van der Waals surface area contributed by atoms with E-state index in [4.69, 9.17) is 4.42 Å². The van der Waals surface area contributed by atoms with Crippen LogP contribution in [0, 0.1) is 0 Å². The maximum absolute atomic E-state index is 13.2. The number of carbonyl (C=O) groups excluding carboxylic acids is 2. The van der Waals surface area contributed by atoms with Crippen molar-refractivity contribution in [3.63, 3.8) is 0 Å². The zero-order valence-electron chi connectivity index (χ0n) is 15.6. The van der Waals surface area contributed by atoms with Crippen molar-refractivity contribution in [2.45, 2.75) is 38.3 Å². The van der Waals surface area contributed by atoms with Gasteiger partial charge in [0.25, 0.3) is 11.8 Å². The summed E-state index contributed by atoms with van der Waals surface area (Å²) < 4.78 is 6.62. The predicted octanol–water partition coefficient (Wildman–Crippen LogP) is 4.02. The molecule has 2 aromatic heterocycles. The fraction of sp³-hybridized carbons (Fsp3) is 0.300. The number of carbonyl (C=O) groups is 2. The molecular weight excluding hydrogens is 456 g/mol. The molecule has 0 saturated carbocycles. The third-order valence-corrected chi connectivity index (χ3v) is 7.11. The molecule has 1 aromatic carbocycles. The molecule has 3 aromatic rings. The Bertz CT molecular complexity index is 1140. The smallest absolute Gasteiger partial charge is 0.325 e. The molecule has 1 fully saturated rings. The van der Waals surface area contributed by atoms with Gasteiger partial charge in [-0.1, -0.05) is 18.2 Å². The van der Waals surface area contributed by atoms with Gasteiger partial charge in [-0.15, -0.1) is 21.5 Å². The summed E-state index contributed by atoms with van der Waals surface area (Å²) in [5, 5.41) is 10.9. The first-order valence-corrected chi connectivity index (χ1v) is 10.9. The lowest BCUT2D eigenvalue weighted by molar-refractivity contribution is -0.131. The highest BCUT2D eigenvalue weighted by Crippen LogP contribution is 2.34. The van der Waals surface area contributed by atoms with Crippen LogP contribution in [0.25, 0.3) is 10.8 Å². The number of benzene rings is 1. The normalized spacial score (nSPS) is 21.0. The number of rotatable bonds is 4. The fourth-order valence-corrected chi connectivity index (χ4v) is 5.21. The average molecular weight is 473 g/mol. The molecule has 7 nitrogen and oxygen atoms in total. The van der Waals surface area contributed by atoms with Crippen LogP contribution in [0.1, 0.15) is 35.9 Å². The summed E-state index contributed by atoms with van der Waals surface area (Å²) in [6, 6.07) is 9.34. The lowest BCUT2D eigenvalue weighted by Gasteiger charge is -2.23. The van der Waals surface area contributed by atoms with Gasteiger partial charge in [-0.05, 0) is 70.9 Å². The van der Waals surface area contributed by atoms with Crippen LogP contribution in [-0.4, -0.2) is 27.0 Å². The van der Waals surface area contributed by atoms with Crippen LogP contribution >= 0.6 is 27.3 Å². The number of urea groups is 1. The van der Waals surface area contributed by atoms with Gasteiger partial charge in [0, 0.05) is 0 Å². The molecule has 1 N–H and O–H groups in total. The van der Waals surface area contributed by atoms with Crippen molar-refractivity contribution in [2.24, 2.45) is 0 Å². The Morgan fingerprint density at radius 1 is 1.21 bits per heavy atom. The minimum Gasteiger partial charge on any atom is -0.418 e. The Morgan fingerprint density at radius 3 is 2.83 bits per heavy atom. The number of aryl methyl sites for hydroxylation is 2. The first kappa shape index (κ1) is 18.5. The van der Waals surface area contributed by atoms with Crippen molar-refractivity contribution in [3.8, 4) is 10.8 Å². The largest absolute Gasteiger partial charge is 0.418 e. The number of hydrogen-bond donors (Lipinski definition) is 1. The average Bonchev–Trinajstić information content (AvgIpc) is 3.47. The Hall–Kier alpha value is -2.52. The second-order valence-corrected chi connectivity index (χ2v) is 9.85. The number of aromatic nitrogens is 2. The molecule has 148 valence electrons. The van der Waals surface area contributed by atoms with E-state index in [9.17, 15) is 9.59 Å². The van der Waals surface area contributed by atoms with E-state index in [1.54, 1.807) is 6.92 Å². The molecule has 0 radical (unpaired) electrons. The summed E-state index contributed by atoms with van der Waals surface area (Å²) in [5.74, 6) is 0.259. The van der Waals surface area contributed by atoms with Crippen LogP contribution in [0.4, 0.5) is 4.79 Å². The third kappa shape index (κ3) is 3.08. The van der Waals surface area contributed by atoms with Gasteiger partial charge in [0.1, 0.15) is 12.1 Å². The molecule has 1 saturated heterocycles. The summed E-state index contributed by atoms with van der Waals surface area (Å²) in [6.45, 7) is 1.68. The summed E-state index contributed by atoms with van der Waals surface area (Å²) in [6.07, 6.45) is 3.20. The number of nitrogens with zero attached hydrogens (tertiary/aromatic N) is 3. The van der Waals surface area contributed by atoms with E-state index in [0.29, 0.717) is 5.89 Å². The summed E-state index contributed by atoms with van der Waals surface area (Å²) in [4.78, 5) is 27.7. The first-order chi connectivity index (χ1) is 13.9. The molecular formula is C20H17BrN4O3S. The molecule has 0 bridgehead atoms. The van der Waals surface area contributed by atoms with E-state index in [0.717, 1.165) is 38.4 Å². The quantitative estimate of drug-likeness (QED) is 0.579. The highest BCUT2D eigenvalue weighted by Gasteiger charge is 2.49. The van der Waals surface area contributed by atoms with Gasteiger partial charge >= 0.3 is 6.03 Å². The molecule has 1 aliphatic carbocycles. The number of imide groups is 1. The van der Waals surface area contributed by atoms with Crippen molar-refractivity contribution >= 4 is 39.2 Å². The molecule has 3 amide bonds. The number of halogens is 1. The molecule has 1 aliphatic heterocycles. The molecule has 1 atom stereocenters. The van der Waals surface area contributed by atoms with E-state index < -0.39 is 11.6 Å². The van der Waals surface area contributed by atoms with Crippen molar-refractivity contribution in [1.82, 2.24) is 20.4 Å². The second-order valence-electron chi connectivity index (χ2n) is 7.39. The van der Waals surface area contributed by atoms with Gasteiger partial charge < -0.3 is 9.73 Å². The monoisotopic (exact) mass is 472 g/mol. The number of amides is 3. The van der Waals surface area contributed by atoms with Crippen LogP contribution in [0.2, 0.25) is 0 Å². The van der Waals surface area contributed by atoms with Crippen LogP contribution in [0.5, 0.6) is 0 Å². The Kier molecular flexibility index (Phi) is 4.32. The van der Waals surface area contributed by atoms with Crippen molar-refractivity contribution in [1.29, 1.82) is 0 Å². The van der Waals surface area contributed by atoms with Gasteiger partial charge in [0.15, 0.2) is 0 Å². The SMILES string of the molecule is C[C@@]1(c2ccc3c(c2)CCC3)NC(=O)N(Cc2nnc(-c3ccc(Br)s3)o2)C1=O. The van der Waals surface area contributed by atoms with Crippen molar-refractivity contribution in [3.05, 3.63) is 56.7 Å². The topological polar surface area (TPSA) is 88.3 Å². The summed E-state index contributed by atoms with van der Waals surface area (Å²) in [7, 11) is 0. The predicted molar refractivity (Wildman–Crippen MR) is 110 cm³/mol. The van der Waals surface area contributed by atoms with Crippen LogP contribution in [0.15, 0.2) is 38.5 Å². The lowest BCUT2D eigenvalue weighted by atomic mass is 9.90. The molecule has 9 heteroatoms. The Balaban J connectivity index is 1.39. The van der Waals surface area contributed by atoms with E-state index in [1.165, 1.54) is 22.5 Å². The molecule has 5 rings (SSSR count). The van der Waals surface area contributed by atoms with Gasteiger partial charge in [0.2, 0.25) is 5.89 Å². The highest BCUT2D eigenvalue weighted by molar-refractivity contribution is 9.11. The summed E-state index contributed by atoms with van der Waals surface area (Å²) in [5.41, 5.74) is 2.28. The third-order valence-electron chi connectivity index (χ3n) is 5.50. The minimum absolute atomic E-state index is 0.0647. The number of thiophene rings is 1. The van der Waals surface area contributed by atoms with Crippen LogP contribution in [0.3, 0.4) is 0 Å². The van der Waals surface area contributed by atoms with E-state index >= 15 is 0 Å². The van der Waals surface area contributed by atoms with E-state index in [2.05, 4.69) is 37.5 Å². The lowest BCUT2D eigenvalue weighted by Crippen LogP contribution is -2.41. The van der Waals surface area contributed by atoms with Crippen molar-refractivity contribution < 1.29 is 14.0 Å². The van der Waals surface area contributed by atoms with Crippen LogP contribution in [-0.2, 0) is 29.7 Å². The molecule has 2 aliphatic rings. The minimum atomic E-state index is -1.10. The van der Waals surface area contributed by atoms with E-state index in [1.807, 2.05) is 24.3 Å². The van der Waals surface area contributed by atoms with Crippen LogP contribution < -0.4 is 5.32 Å². The zero-order chi connectivity index (χ0) is 20.2. The maximum atomic E-state index is 13.2. The fourth-order valence-electron chi connectivity index (χ4n) is 3.90. The van der Waals surface area contributed by atoms with Gasteiger partial charge in [-0.3, -0.25) is 9.69 Å². The Labute approximate surface area is 179 Å². The molecule has 3 heterocycles. The van der Waals surface area contributed by atoms with Gasteiger partial charge in [0.05, 0.1) is 8.66 Å². The Morgan fingerprint density at radius 2 is 2.03 bits per heavy atom. The van der Waals surface area contributed by atoms with Crippen molar-refractivity contribution in [2.75, 3.05) is 0 Å². The first-order valence-electron chi connectivity index (χ1n) is 9.28. The standard InChI is InChI=1S/C20H17BrN4O3S/c1-20(13-6-5-11-3-2-4-12(11)9-13)18(26)25(19(27)22-20)10-16-23-24-17(28-16)14-7-8-15(21)29-14/h5-9H,2-4,10H2,1H3,(H,22,27)/t20-/m0/s1. The molecule has 0 unspecified atom stereocenters. The highest BCUT2D eigenvalue weighted by atomic mass is 79.9. The molecule has 0 spiro atoms. The number of hydrogen-bond acceptors (Lipinski definition) is 6. The second kappa shape index (κ2) is 6.77. The molecule has 29 heavy (non-hydrogen) atoms. The summed E-state index contributed by atoms with van der Waals surface area (Å²) >= 11 is 4.86. The van der Waals surface area contributed by atoms with E-state index in [-0.39, 0.29) is 18.3 Å².